The van der Waals surface area contributed by atoms with Gasteiger partial charge in [-0.15, -0.1) is 0 Å². The van der Waals surface area contributed by atoms with Gasteiger partial charge in [0, 0.05) is 23.8 Å². The molecule has 3 heterocycles. The Hall–Kier alpha value is -4.57. The zero-order valence-corrected chi connectivity index (χ0v) is 21.7. The van der Waals surface area contributed by atoms with E-state index < -0.39 is 16.9 Å². The van der Waals surface area contributed by atoms with E-state index in [0.717, 1.165) is 11.1 Å². The number of benzene rings is 2. The molecule has 0 radical (unpaired) electrons. The Morgan fingerprint density at radius 2 is 1.95 bits per heavy atom. The molecule has 0 fully saturated rings. The summed E-state index contributed by atoms with van der Waals surface area (Å²) in [4.78, 5) is 42.2. The van der Waals surface area contributed by atoms with E-state index in [9.17, 15) is 19.7 Å². The van der Waals surface area contributed by atoms with Crippen molar-refractivity contribution in [3.8, 4) is 11.3 Å². The van der Waals surface area contributed by atoms with Crippen molar-refractivity contribution in [2.75, 3.05) is 6.61 Å². The Kier molecular flexibility index (Phi) is 6.64. The van der Waals surface area contributed by atoms with Crippen molar-refractivity contribution in [3.05, 3.63) is 119 Å². The molecule has 1 aliphatic heterocycles. The van der Waals surface area contributed by atoms with Crippen LogP contribution in [-0.4, -0.2) is 22.1 Å². The van der Waals surface area contributed by atoms with E-state index in [0.29, 0.717) is 37.7 Å². The highest BCUT2D eigenvalue weighted by Crippen LogP contribution is 2.31. The molecule has 4 aromatic rings. The number of ether oxygens (including phenoxy) is 1. The average molecular weight is 530 g/mol. The quantitative estimate of drug-likeness (QED) is 0.209. The Morgan fingerprint density at radius 1 is 1.18 bits per heavy atom. The fraction of sp³-hybridized carbons (Fsp3) is 0.179. The third-order valence-electron chi connectivity index (χ3n) is 6.22. The highest BCUT2D eigenvalue weighted by atomic mass is 32.1. The predicted molar refractivity (Wildman–Crippen MR) is 142 cm³/mol. The molecule has 0 saturated heterocycles. The van der Waals surface area contributed by atoms with E-state index in [2.05, 4.69) is 4.99 Å². The van der Waals surface area contributed by atoms with Crippen molar-refractivity contribution in [1.29, 1.82) is 0 Å². The van der Waals surface area contributed by atoms with Gasteiger partial charge in [-0.3, -0.25) is 19.5 Å². The fourth-order valence-electron chi connectivity index (χ4n) is 4.48. The van der Waals surface area contributed by atoms with E-state index in [1.807, 2.05) is 30.3 Å². The number of thiazole rings is 1. The number of allylic oxidation sites excluding steroid dienone is 1. The molecule has 0 amide bonds. The Labute approximate surface area is 220 Å². The zero-order valence-electron chi connectivity index (χ0n) is 20.8. The summed E-state index contributed by atoms with van der Waals surface area (Å²) in [6.07, 6.45) is 1.64. The van der Waals surface area contributed by atoms with E-state index in [-0.39, 0.29) is 17.9 Å². The number of non-ortho nitro benzene ring substituents is 1. The second-order valence-corrected chi connectivity index (χ2v) is 9.68. The zero-order chi connectivity index (χ0) is 27.0. The Morgan fingerprint density at radius 3 is 2.63 bits per heavy atom. The molecule has 0 spiro atoms. The van der Waals surface area contributed by atoms with Crippen LogP contribution in [0.25, 0.3) is 17.4 Å². The number of fused-ring (bicyclic) bond motifs is 1. The van der Waals surface area contributed by atoms with Crippen molar-refractivity contribution in [2.45, 2.75) is 26.8 Å². The van der Waals surface area contributed by atoms with Gasteiger partial charge >= 0.3 is 5.97 Å². The van der Waals surface area contributed by atoms with Crippen LogP contribution in [0, 0.1) is 17.0 Å². The molecule has 2 aromatic heterocycles. The third kappa shape index (κ3) is 4.50. The van der Waals surface area contributed by atoms with Crippen molar-refractivity contribution in [1.82, 2.24) is 4.57 Å². The van der Waals surface area contributed by atoms with Crippen molar-refractivity contribution < 1.29 is 18.9 Å². The van der Waals surface area contributed by atoms with Crippen LogP contribution >= 0.6 is 11.3 Å². The Balaban J connectivity index is 1.60. The monoisotopic (exact) mass is 529 g/mol. The number of carbonyl (C=O) groups excluding carboxylic acids is 1. The number of furan rings is 1. The number of carbonyl (C=O) groups is 1. The lowest BCUT2D eigenvalue weighted by Crippen LogP contribution is -2.39. The van der Waals surface area contributed by atoms with Gasteiger partial charge in [-0.2, -0.15) is 0 Å². The first-order valence-electron chi connectivity index (χ1n) is 11.9. The van der Waals surface area contributed by atoms with Gasteiger partial charge in [-0.25, -0.2) is 9.79 Å². The van der Waals surface area contributed by atoms with Gasteiger partial charge in [-0.05, 0) is 50.1 Å². The standard InChI is InChI=1S/C28H23N3O6S/c1-4-36-27(33)24-17(3)29-28-30(25(24)18-8-6-5-7-9-18)26(32)23(38-28)15-20-11-13-22(37-20)21-12-10-19(31(34)35)14-16(21)2/h5-15,25H,4H2,1-3H3/b23-15+/t25-/m0/s1. The number of hydrogen-bond donors (Lipinski definition) is 0. The topological polar surface area (TPSA) is 117 Å². The van der Waals surface area contributed by atoms with Crippen molar-refractivity contribution in [3.63, 3.8) is 0 Å². The number of rotatable bonds is 6. The van der Waals surface area contributed by atoms with Crippen LogP contribution in [0.1, 0.15) is 36.8 Å². The minimum Gasteiger partial charge on any atom is -0.463 e. The minimum atomic E-state index is -0.677. The number of nitro groups is 1. The van der Waals surface area contributed by atoms with Crippen molar-refractivity contribution >= 4 is 29.1 Å². The first-order valence-corrected chi connectivity index (χ1v) is 12.7. The minimum absolute atomic E-state index is 0.00425. The lowest BCUT2D eigenvalue weighted by Gasteiger charge is -2.24. The molecule has 2 aromatic carbocycles. The maximum Gasteiger partial charge on any atom is 0.338 e. The third-order valence-corrected chi connectivity index (χ3v) is 7.20. The molecular formula is C28H23N3O6S. The van der Waals surface area contributed by atoms with E-state index >= 15 is 0 Å². The van der Waals surface area contributed by atoms with Gasteiger partial charge in [0.05, 0.1) is 33.4 Å². The number of aryl methyl sites for hydroxylation is 1. The average Bonchev–Trinajstić information content (AvgIpc) is 3.48. The smallest absolute Gasteiger partial charge is 0.338 e. The van der Waals surface area contributed by atoms with Crippen LogP contribution in [0.15, 0.2) is 86.1 Å². The second-order valence-electron chi connectivity index (χ2n) is 8.67. The van der Waals surface area contributed by atoms with Crippen LogP contribution in [0.4, 0.5) is 5.69 Å². The highest BCUT2D eigenvalue weighted by molar-refractivity contribution is 7.07. The molecule has 38 heavy (non-hydrogen) atoms. The van der Waals surface area contributed by atoms with E-state index in [1.165, 1.54) is 28.0 Å². The maximum atomic E-state index is 13.7. The summed E-state index contributed by atoms with van der Waals surface area (Å²) in [6, 6.07) is 16.7. The molecule has 0 bridgehead atoms. The molecule has 0 aliphatic carbocycles. The molecule has 0 N–H and O–H groups in total. The number of aromatic nitrogens is 1. The molecular weight excluding hydrogens is 506 g/mol. The fourth-order valence-corrected chi connectivity index (χ4v) is 5.51. The summed E-state index contributed by atoms with van der Waals surface area (Å²) < 4.78 is 13.2. The van der Waals surface area contributed by atoms with Gasteiger partial charge in [0.2, 0.25) is 0 Å². The summed E-state index contributed by atoms with van der Waals surface area (Å²) >= 11 is 1.21. The molecule has 10 heteroatoms. The maximum absolute atomic E-state index is 13.7. The summed E-state index contributed by atoms with van der Waals surface area (Å²) in [5, 5.41) is 11.1. The van der Waals surface area contributed by atoms with Crippen LogP contribution < -0.4 is 14.9 Å². The summed E-state index contributed by atoms with van der Waals surface area (Å²) in [6.45, 7) is 5.45. The Bertz CT molecular complexity index is 1780. The van der Waals surface area contributed by atoms with Gasteiger partial charge in [0.15, 0.2) is 4.80 Å². The lowest BCUT2D eigenvalue weighted by molar-refractivity contribution is -0.384. The van der Waals surface area contributed by atoms with E-state index in [4.69, 9.17) is 9.15 Å². The number of nitro benzene ring substituents is 1. The first kappa shape index (κ1) is 25.1. The number of hydrogen-bond acceptors (Lipinski definition) is 8. The molecule has 5 rings (SSSR count). The van der Waals surface area contributed by atoms with Gasteiger partial charge in [-0.1, -0.05) is 41.7 Å². The van der Waals surface area contributed by atoms with E-state index in [1.54, 1.807) is 45.0 Å². The normalized spacial score (nSPS) is 15.2. The molecule has 1 atom stereocenters. The molecule has 192 valence electrons. The van der Waals surface area contributed by atoms with Gasteiger partial charge in [0.25, 0.3) is 11.2 Å². The predicted octanol–water partition coefficient (Wildman–Crippen LogP) is 4.27. The molecule has 0 unspecified atom stereocenters. The molecule has 9 nitrogen and oxygen atoms in total. The van der Waals surface area contributed by atoms with Crippen LogP contribution in [0.5, 0.6) is 0 Å². The first-order chi connectivity index (χ1) is 18.3. The van der Waals surface area contributed by atoms with Gasteiger partial charge in [0.1, 0.15) is 11.5 Å². The summed E-state index contributed by atoms with van der Waals surface area (Å²) in [7, 11) is 0. The highest BCUT2D eigenvalue weighted by Gasteiger charge is 2.33. The number of nitrogens with zero attached hydrogens (tertiary/aromatic N) is 3. The van der Waals surface area contributed by atoms with Crippen LogP contribution in [0.3, 0.4) is 0 Å². The summed E-state index contributed by atoms with van der Waals surface area (Å²) in [5.74, 6) is 0.464. The van der Waals surface area contributed by atoms with Crippen molar-refractivity contribution in [2.24, 2.45) is 4.99 Å². The van der Waals surface area contributed by atoms with Crippen LogP contribution in [-0.2, 0) is 9.53 Å². The molecule has 0 saturated carbocycles. The largest absolute Gasteiger partial charge is 0.463 e. The lowest BCUT2D eigenvalue weighted by atomic mass is 9.96. The molecule has 1 aliphatic rings. The number of esters is 1. The summed E-state index contributed by atoms with van der Waals surface area (Å²) in [5.41, 5.74) is 2.71. The second kappa shape index (κ2) is 10.1. The van der Waals surface area contributed by atoms with Crippen LogP contribution in [0.2, 0.25) is 0 Å². The SMILES string of the molecule is CCOC(=O)C1=C(C)N=c2s/c(=C/c3ccc(-c4ccc([N+](=O)[O-])cc4C)o3)c(=O)n2[C@H]1c1ccccc1. The van der Waals surface area contributed by atoms with Gasteiger partial charge < -0.3 is 9.15 Å².